The van der Waals surface area contributed by atoms with Crippen LogP contribution in [-0.2, 0) is 5.54 Å². The molecule has 0 atom stereocenters. The number of benzene rings is 1. The highest BCUT2D eigenvalue weighted by Gasteiger charge is 2.23. The Balaban J connectivity index is 1.84. The first-order chi connectivity index (χ1) is 16.2. The summed E-state index contributed by atoms with van der Waals surface area (Å²) in [5.74, 6) is -0.375. The number of allylic oxidation sites excluding steroid dienone is 3. The number of carbonyl (C=O) groups is 2. The molecule has 0 aliphatic heterocycles. The molecule has 3 aromatic rings. The molecule has 0 bridgehead atoms. The number of nitrogens with zero attached hydrogens (tertiary/aromatic N) is 4. The van der Waals surface area contributed by atoms with Crippen LogP contribution in [0.2, 0.25) is 0 Å². The van der Waals surface area contributed by atoms with E-state index < -0.39 is 0 Å². The quantitative estimate of drug-likeness (QED) is 0.398. The molecular formula is C26H30N6O2. The lowest BCUT2D eigenvalue weighted by molar-refractivity contribution is 0.0960. The first kappa shape index (κ1) is 24.6. The maximum absolute atomic E-state index is 12.9. The summed E-state index contributed by atoms with van der Waals surface area (Å²) < 4.78 is 1.91. The lowest BCUT2D eigenvalue weighted by Crippen LogP contribution is -2.25. The van der Waals surface area contributed by atoms with E-state index in [0.29, 0.717) is 22.2 Å². The van der Waals surface area contributed by atoms with Crippen LogP contribution in [0.25, 0.3) is 11.0 Å². The Morgan fingerprint density at radius 1 is 1.12 bits per heavy atom. The van der Waals surface area contributed by atoms with Gasteiger partial charge in [0.25, 0.3) is 11.8 Å². The molecule has 8 nitrogen and oxygen atoms in total. The lowest BCUT2D eigenvalue weighted by atomic mass is 10.1. The van der Waals surface area contributed by atoms with Crippen molar-refractivity contribution in [1.82, 2.24) is 19.9 Å². The lowest BCUT2D eigenvalue weighted by Gasteiger charge is -2.22. The number of hydrogen-bond acceptors (Lipinski definition) is 5. The maximum atomic E-state index is 12.9. The molecule has 1 aromatic carbocycles. The molecule has 0 aliphatic rings. The average molecular weight is 459 g/mol. The molecule has 2 heterocycles. The van der Waals surface area contributed by atoms with E-state index in [1.54, 1.807) is 36.9 Å². The summed E-state index contributed by atoms with van der Waals surface area (Å²) in [4.78, 5) is 38.4. The van der Waals surface area contributed by atoms with E-state index in [-0.39, 0.29) is 29.8 Å². The highest BCUT2D eigenvalue weighted by molar-refractivity contribution is 6.07. The Hall–Kier alpha value is -4.07. The van der Waals surface area contributed by atoms with Crippen molar-refractivity contribution in [1.29, 1.82) is 0 Å². The smallest absolute Gasteiger partial charge is 0.258 e. The summed E-state index contributed by atoms with van der Waals surface area (Å²) in [5.41, 5.74) is 2.26. The Labute approximate surface area is 199 Å². The number of anilines is 1. The van der Waals surface area contributed by atoms with Gasteiger partial charge >= 0.3 is 0 Å². The van der Waals surface area contributed by atoms with Crippen molar-refractivity contribution in [3.05, 3.63) is 77.8 Å². The molecule has 0 unspecified atom stereocenters. The van der Waals surface area contributed by atoms with Crippen molar-refractivity contribution in [3.8, 4) is 0 Å². The van der Waals surface area contributed by atoms with Crippen molar-refractivity contribution >= 4 is 35.0 Å². The predicted molar refractivity (Wildman–Crippen MR) is 136 cm³/mol. The van der Waals surface area contributed by atoms with Gasteiger partial charge in [-0.2, -0.15) is 4.98 Å². The number of fused-ring (bicyclic) bond motifs is 1. The van der Waals surface area contributed by atoms with E-state index in [9.17, 15) is 9.59 Å². The molecule has 34 heavy (non-hydrogen) atoms. The Morgan fingerprint density at radius 3 is 2.53 bits per heavy atom. The van der Waals surface area contributed by atoms with Gasteiger partial charge < -0.3 is 9.88 Å². The van der Waals surface area contributed by atoms with Crippen molar-refractivity contribution in [3.63, 3.8) is 0 Å². The topological polar surface area (TPSA) is 101 Å². The monoisotopic (exact) mass is 458 g/mol. The number of carbonyl (C=O) groups excluding carboxylic acids is 2. The number of nitrogens with one attached hydrogen (secondary N) is 2. The second-order valence-corrected chi connectivity index (χ2v) is 8.74. The summed E-state index contributed by atoms with van der Waals surface area (Å²) in [5, 5.41) is 6.19. The van der Waals surface area contributed by atoms with Gasteiger partial charge in [-0.15, -0.1) is 0 Å². The molecule has 0 saturated carbocycles. The Morgan fingerprint density at radius 2 is 1.85 bits per heavy atom. The molecule has 176 valence electrons. The summed E-state index contributed by atoms with van der Waals surface area (Å²) in [6, 6.07) is 7.25. The van der Waals surface area contributed by atoms with Crippen LogP contribution in [0.3, 0.4) is 0 Å². The van der Waals surface area contributed by atoms with Crippen LogP contribution in [0.1, 0.15) is 54.0 Å². The molecule has 0 spiro atoms. The largest absolute Gasteiger partial charge is 0.347 e. The zero-order valence-corrected chi connectivity index (χ0v) is 20.2. The van der Waals surface area contributed by atoms with Crippen molar-refractivity contribution < 1.29 is 9.59 Å². The zero-order chi connectivity index (χ0) is 24.7. The van der Waals surface area contributed by atoms with Gasteiger partial charge in [-0.1, -0.05) is 29.8 Å². The highest BCUT2D eigenvalue weighted by Crippen LogP contribution is 2.27. The summed E-state index contributed by atoms with van der Waals surface area (Å²) in [6.07, 6.45) is 12.2. The maximum Gasteiger partial charge on any atom is 0.258 e. The van der Waals surface area contributed by atoms with Gasteiger partial charge in [-0.25, -0.2) is 4.98 Å². The van der Waals surface area contributed by atoms with E-state index >= 15 is 0 Å². The minimum Gasteiger partial charge on any atom is -0.347 e. The molecule has 0 aliphatic carbocycles. The molecule has 2 amide bonds. The molecule has 0 fully saturated rings. The number of hydrogen-bond donors (Lipinski definition) is 2. The van der Waals surface area contributed by atoms with Crippen LogP contribution >= 0.6 is 0 Å². The van der Waals surface area contributed by atoms with Crippen LogP contribution in [0, 0.1) is 6.92 Å². The van der Waals surface area contributed by atoms with Crippen molar-refractivity contribution in [2.45, 2.75) is 40.2 Å². The summed E-state index contributed by atoms with van der Waals surface area (Å²) in [7, 11) is 0. The van der Waals surface area contributed by atoms with Gasteiger partial charge in [-0.3, -0.25) is 19.9 Å². The number of rotatable bonds is 7. The second kappa shape index (κ2) is 10.7. The molecule has 8 heteroatoms. The Bertz CT molecular complexity index is 1260. The second-order valence-electron chi connectivity index (χ2n) is 8.74. The third-order valence-corrected chi connectivity index (χ3v) is 4.99. The van der Waals surface area contributed by atoms with E-state index in [1.165, 1.54) is 0 Å². The molecule has 0 radical (unpaired) electrons. The fourth-order valence-electron chi connectivity index (χ4n) is 3.20. The first-order valence-electron chi connectivity index (χ1n) is 11.0. The van der Waals surface area contributed by atoms with Crippen LogP contribution in [-0.4, -0.2) is 39.1 Å². The number of amides is 2. The van der Waals surface area contributed by atoms with Gasteiger partial charge in [0.15, 0.2) is 0 Å². The van der Waals surface area contributed by atoms with Gasteiger partial charge in [0, 0.05) is 35.9 Å². The molecule has 0 saturated heterocycles. The minimum absolute atomic E-state index is 0.175. The third-order valence-electron chi connectivity index (χ3n) is 4.99. The number of aromatic nitrogens is 3. The van der Waals surface area contributed by atoms with E-state index in [0.717, 1.165) is 5.56 Å². The molecular weight excluding hydrogens is 428 g/mol. The van der Waals surface area contributed by atoms with E-state index in [4.69, 9.17) is 0 Å². The summed E-state index contributed by atoms with van der Waals surface area (Å²) in [6.45, 7) is 10.2. The van der Waals surface area contributed by atoms with Gasteiger partial charge in [0.05, 0.1) is 17.5 Å². The normalized spacial score (nSPS) is 12.3. The van der Waals surface area contributed by atoms with E-state index in [1.807, 2.05) is 69.5 Å². The fraction of sp³-hybridized carbons (Fsp3) is 0.269. The molecule has 2 aromatic heterocycles. The van der Waals surface area contributed by atoms with Gasteiger partial charge in [0.2, 0.25) is 5.95 Å². The fourth-order valence-corrected chi connectivity index (χ4v) is 3.20. The van der Waals surface area contributed by atoms with Crippen LogP contribution in [0.5, 0.6) is 0 Å². The van der Waals surface area contributed by atoms with Crippen molar-refractivity contribution in [2.75, 3.05) is 11.9 Å². The van der Waals surface area contributed by atoms with Crippen LogP contribution in [0.15, 0.2) is 66.1 Å². The van der Waals surface area contributed by atoms with Crippen LogP contribution < -0.4 is 10.6 Å². The van der Waals surface area contributed by atoms with Gasteiger partial charge in [0.1, 0.15) is 5.65 Å². The van der Waals surface area contributed by atoms with E-state index in [2.05, 4.69) is 25.6 Å². The molecule has 3 rings (SSSR count). The zero-order valence-electron chi connectivity index (χ0n) is 20.2. The molecule has 2 N–H and O–H groups in total. The average Bonchev–Trinajstić information content (AvgIpc) is 3.18. The standard InChI is InChI=1S/C26H30N6O2/c1-6-7-8-13-27-14-15-28-24(34)21-17-32(26(3,4)5)22-20(21)16-29-25(30-22)31-23(33)19-11-9-18(2)10-12-19/h6-14,16-17H,15H2,1-5H3,(H,28,34)(H,29,30,31,33)/b7-6-,13-8-,27-14?. The third kappa shape index (κ3) is 6.04. The highest BCUT2D eigenvalue weighted by atomic mass is 16.2. The number of aryl methyl sites for hydroxylation is 1. The SMILES string of the molecule is C/C=C\C=C/N=CCNC(=O)c1cn(C(C)(C)C)c2nc(NC(=O)c3ccc(C)cc3)ncc12. The van der Waals surface area contributed by atoms with Crippen LogP contribution in [0.4, 0.5) is 5.95 Å². The Kier molecular flexibility index (Phi) is 7.73. The predicted octanol–water partition coefficient (Wildman–Crippen LogP) is 4.64. The summed E-state index contributed by atoms with van der Waals surface area (Å²) >= 11 is 0. The minimum atomic E-state index is -0.345. The van der Waals surface area contributed by atoms with Gasteiger partial charge in [-0.05, 0) is 52.8 Å². The number of aliphatic imine (C=N–C) groups is 1. The van der Waals surface area contributed by atoms with Crippen molar-refractivity contribution in [2.24, 2.45) is 4.99 Å². The first-order valence-corrected chi connectivity index (χ1v) is 11.0.